The predicted octanol–water partition coefficient (Wildman–Crippen LogP) is 4.14. The number of para-hydroxylation sites is 1. The molecule has 1 aromatic heterocycles. The number of amides is 2. The third-order valence-electron chi connectivity index (χ3n) is 6.64. The number of nitrogens with one attached hydrogen (secondary N) is 1. The molecule has 2 saturated heterocycles. The molecule has 0 spiro atoms. The Morgan fingerprint density at radius 1 is 1.06 bits per heavy atom. The van der Waals surface area contributed by atoms with Gasteiger partial charge in [0.15, 0.2) is 0 Å². The Balaban J connectivity index is 1.21. The van der Waals surface area contributed by atoms with Gasteiger partial charge in [0.05, 0.1) is 6.42 Å². The smallest absolute Gasteiger partial charge is 0.322 e. The second-order valence-corrected chi connectivity index (χ2v) is 11.5. The summed E-state index contributed by atoms with van der Waals surface area (Å²) in [6, 6.07) is 22.0. The fourth-order valence-corrected chi connectivity index (χ4v) is 7.83. The van der Waals surface area contributed by atoms with Crippen LogP contribution in [0.3, 0.4) is 0 Å². The second kappa shape index (κ2) is 8.90. The number of carbonyl (C=O) groups is 3. The van der Waals surface area contributed by atoms with Gasteiger partial charge >= 0.3 is 5.97 Å². The zero-order valence-corrected chi connectivity index (χ0v) is 20.7. The SMILES string of the molecule is O=C(Cc1ccccc1)N[C@@H]1C(=O)N2CC(Sc3cccc4oc5ccccc5c34)(C(=O)O)CS[C@H]12. The number of aliphatic carboxylic acids is 1. The van der Waals surface area contributed by atoms with Crippen molar-refractivity contribution >= 4 is 63.2 Å². The fraction of sp³-hybridized carbons (Fsp3) is 0.222. The third kappa shape index (κ3) is 3.83. The first-order valence-corrected chi connectivity index (χ1v) is 13.4. The van der Waals surface area contributed by atoms with Gasteiger partial charge < -0.3 is 19.7 Å². The highest BCUT2D eigenvalue weighted by molar-refractivity contribution is 8.05. The molecule has 2 N–H and O–H groups in total. The quantitative estimate of drug-likeness (QED) is 0.370. The molecule has 6 rings (SSSR count). The lowest BCUT2D eigenvalue weighted by Crippen LogP contribution is -2.74. The summed E-state index contributed by atoms with van der Waals surface area (Å²) in [6.07, 6.45) is 0.194. The van der Waals surface area contributed by atoms with Gasteiger partial charge in [-0.2, -0.15) is 0 Å². The highest BCUT2D eigenvalue weighted by atomic mass is 32.2. The number of β-lactam (4-membered cyclic amide) rings is 1. The van der Waals surface area contributed by atoms with Gasteiger partial charge in [-0.25, -0.2) is 0 Å². The van der Waals surface area contributed by atoms with Gasteiger partial charge in [0.2, 0.25) is 11.8 Å². The summed E-state index contributed by atoms with van der Waals surface area (Å²) in [6.45, 7) is 0.0702. The normalized spacial score (nSPS) is 23.3. The number of rotatable bonds is 6. The van der Waals surface area contributed by atoms with E-state index in [1.54, 1.807) is 4.90 Å². The van der Waals surface area contributed by atoms with Crippen molar-refractivity contribution in [1.82, 2.24) is 10.2 Å². The van der Waals surface area contributed by atoms with E-state index in [9.17, 15) is 19.5 Å². The number of nitrogens with zero attached hydrogens (tertiary/aromatic N) is 1. The molecule has 36 heavy (non-hydrogen) atoms. The molecule has 3 heterocycles. The maximum Gasteiger partial charge on any atom is 0.322 e. The van der Waals surface area contributed by atoms with Crippen LogP contribution in [0, 0.1) is 0 Å². The molecule has 3 aromatic carbocycles. The molecule has 0 radical (unpaired) electrons. The van der Waals surface area contributed by atoms with Crippen LogP contribution in [0.4, 0.5) is 0 Å². The van der Waals surface area contributed by atoms with E-state index in [-0.39, 0.29) is 30.2 Å². The molecule has 0 saturated carbocycles. The van der Waals surface area contributed by atoms with Gasteiger partial charge in [0.1, 0.15) is 27.3 Å². The van der Waals surface area contributed by atoms with Crippen LogP contribution in [0.1, 0.15) is 5.56 Å². The highest BCUT2D eigenvalue weighted by Crippen LogP contribution is 2.48. The third-order valence-corrected chi connectivity index (χ3v) is 9.75. The van der Waals surface area contributed by atoms with Gasteiger partial charge in [-0.05, 0) is 23.8 Å². The van der Waals surface area contributed by atoms with Gasteiger partial charge in [-0.15, -0.1) is 23.5 Å². The Hall–Kier alpha value is -3.43. The number of hydrogen-bond donors (Lipinski definition) is 2. The molecule has 7 nitrogen and oxygen atoms in total. The van der Waals surface area contributed by atoms with Crippen molar-refractivity contribution in [2.75, 3.05) is 12.3 Å². The minimum absolute atomic E-state index is 0.0702. The van der Waals surface area contributed by atoms with Crippen molar-refractivity contribution < 1.29 is 23.9 Å². The van der Waals surface area contributed by atoms with Crippen molar-refractivity contribution in [2.45, 2.75) is 27.5 Å². The van der Waals surface area contributed by atoms with Crippen LogP contribution in [-0.4, -0.2) is 56.3 Å². The van der Waals surface area contributed by atoms with Crippen LogP contribution in [0.15, 0.2) is 82.1 Å². The lowest BCUT2D eigenvalue weighted by atomic mass is 10.0. The van der Waals surface area contributed by atoms with Crippen LogP contribution in [0.5, 0.6) is 0 Å². The molecular weight excluding hydrogens is 496 g/mol. The van der Waals surface area contributed by atoms with E-state index in [0.29, 0.717) is 11.3 Å². The van der Waals surface area contributed by atoms with E-state index in [0.717, 1.165) is 26.8 Å². The van der Waals surface area contributed by atoms with Gasteiger partial charge in [0, 0.05) is 28.0 Å². The minimum atomic E-state index is -1.22. The molecule has 3 atom stereocenters. The van der Waals surface area contributed by atoms with Crippen LogP contribution >= 0.6 is 23.5 Å². The van der Waals surface area contributed by atoms with E-state index in [4.69, 9.17) is 4.42 Å². The van der Waals surface area contributed by atoms with Gasteiger partial charge in [-0.1, -0.05) is 54.6 Å². The van der Waals surface area contributed by atoms with Crippen LogP contribution in [-0.2, 0) is 20.8 Å². The minimum Gasteiger partial charge on any atom is -0.480 e. The van der Waals surface area contributed by atoms with Crippen molar-refractivity contribution in [3.63, 3.8) is 0 Å². The number of carboxylic acid groups (broad SMARTS) is 1. The van der Waals surface area contributed by atoms with Crippen molar-refractivity contribution in [3.05, 3.63) is 78.4 Å². The molecule has 2 aliphatic heterocycles. The lowest BCUT2D eigenvalue weighted by molar-refractivity contribution is -0.152. The maximum absolute atomic E-state index is 13.0. The highest BCUT2D eigenvalue weighted by Gasteiger charge is 2.58. The van der Waals surface area contributed by atoms with Crippen LogP contribution in [0.25, 0.3) is 21.9 Å². The van der Waals surface area contributed by atoms with Gasteiger partial charge in [-0.3, -0.25) is 14.4 Å². The summed E-state index contributed by atoms with van der Waals surface area (Å²) < 4.78 is 4.75. The summed E-state index contributed by atoms with van der Waals surface area (Å²) >= 11 is 2.67. The maximum atomic E-state index is 13.0. The summed E-state index contributed by atoms with van der Waals surface area (Å²) in [5, 5.41) is 14.7. The Morgan fingerprint density at radius 2 is 1.81 bits per heavy atom. The molecule has 0 bridgehead atoms. The number of furan rings is 1. The predicted molar refractivity (Wildman–Crippen MR) is 140 cm³/mol. The first-order chi connectivity index (χ1) is 17.4. The van der Waals surface area contributed by atoms with Crippen LogP contribution in [0.2, 0.25) is 0 Å². The van der Waals surface area contributed by atoms with Crippen molar-refractivity contribution in [2.24, 2.45) is 0 Å². The molecule has 0 aliphatic carbocycles. The lowest BCUT2D eigenvalue weighted by Gasteiger charge is -2.53. The number of hydrogen-bond acceptors (Lipinski definition) is 6. The van der Waals surface area contributed by atoms with Crippen molar-refractivity contribution in [1.29, 1.82) is 0 Å². The first kappa shape index (κ1) is 23.0. The van der Waals surface area contributed by atoms with E-state index in [1.165, 1.54) is 23.5 Å². The van der Waals surface area contributed by atoms with E-state index in [1.807, 2.05) is 72.8 Å². The number of carboxylic acids is 1. The zero-order valence-electron chi connectivity index (χ0n) is 19.0. The summed E-state index contributed by atoms with van der Waals surface area (Å²) in [7, 11) is 0. The van der Waals surface area contributed by atoms with E-state index in [2.05, 4.69) is 5.32 Å². The fourth-order valence-electron chi connectivity index (χ4n) is 4.83. The zero-order chi connectivity index (χ0) is 24.9. The number of fused-ring (bicyclic) bond motifs is 4. The molecule has 182 valence electrons. The standard InChI is InChI=1S/C27H22N2O5S2/c30-21(13-16-7-2-1-3-8-16)28-23-24(31)29-14-27(26(32)33,15-35-25(23)29)36-20-12-6-11-19-22(20)17-9-4-5-10-18(17)34-19/h1-12,23,25H,13-15H2,(H,28,30)(H,32,33)/t23-,25-,27?/m1/s1. The van der Waals surface area contributed by atoms with Gasteiger partial charge in [0.25, 0.3) is 0 Å². The Kier molecular flexibility index (Phi) is 5.69. The first-order valence-electron chi connectivity index (χ1n) is 11.5. The Labute approximate surface area is 215 Å². The average molecular weight is 519 g/mol. The number of benzene rings is 3. The molecule has 2 fully saturated rings. The Bertz CT molecular complexity index is 1500. The summed E-state index contributed by atoms with van der Waals surface area (Å²) in [5.74, 6) is -1.12. The van der Waals surface area contributed by atoms with E-state index < -0.39 is 16.8 Å². The molecule has 4 aromatic rings. The summed E-state index contributed by atoms with van der Waals surface area (Å²) in [4.78, 5) is 40.5. The molecular formula is C27H22N2O5S2. The molecule has 2 amide bonds. The average Bonchev–Trinajstić information content (AvgIpc) is 3.27. The monoisotopic (exact) mass is 518 g/mol. The largest absolute Gasteiger partial charge is 0.480 e. The molecule has 9 heteroatoms. The molecule has 1 unspecified atom stereocenters. The van der Waals surface area contributed by atoms with Crippen molar-refractivity contribution in [3.8, 4) is 0 Å². The number of thioether (sulfide) groups is 2. The number of carbonyl (C=O) groups excluding carboxylic acids is 2. The summed E-state index contributed by atoms with van der Waals surface area (Å²) in [5.41, 5.74) is 2.32. The topological polar surface area (TPSA) is 99.9 Å². The van der Waals surface area contributed by atoms with E-state index >= 15 is 0 Å². The molecule has 2 aliphatic rings. The second-order valence-electron chi connectivity index (χ2n) is 9.00. The Morgan fingerprint density at radius 3 is 2.61 bits per heavy atom. The van der Waals surface area contributed by atoms with Crippen LogP contribution < -0.4 is 5.32 Å².